The van der Waals surface area contributed by atoms with Crippen LogP contribution in [0.3, 0.4) is 0 Å². The van der Waals surface area contributed by atoms with Crippen molar-refractivity contribution < 1.29 is 0 Å². The number of nitrogens with one attached hydrogen (secondary N) is 1. The highest BCUT2D eigenvalue weighted by molar-refractivity contribution is 5.96. The molecule has 0 aliphatic heterocycles. The molecule has 0 aliphatic rings. The van der Waals surface area contributed by atoms with E-state index in [0.717, 1.165) is 5.56 Å². The van der Waals surface area contributed by atoms with Crippen LogP contribution in [-0.2, 0) is 0 Å². The molecule has 1 heteroatoms. The molecule has 1 aromatic carbocycles. The van der Waals surface area contributed by atoms with E-state index in [1.54, 1.807) is 0 Å². The molecule has 70 valence electrons. The molecule has 0 saturated carbocycles. The zero-order valence-corrected chi connectivity index (χ0v) is 8.81. The molecule has 0 heterocycles. The Morgan fingerprint density at radius 3 is 2.31 bits per heavy atom. The lowest BCUT2D eigenvalue weighted by Gasteiger charge is -2.10. The van der Waals surface area contributed by atoms with Gasteiger partial charge in [0.05, 0.1) is 0 Å². The van der Waals surface area contributed by atoms with E-state index in [0.29, 0.717) is 11.6 Å². The van der Waals surface area contributed by atoms with Gasteiger partial charge in [0.25, 0.3) is 0 Å². The van der Waals surface area contributed by atoms with Gasteiger partial charge in [0.2, 0.25) is 0 Å². The maximum Gasteiger partial charge on any atom is 0.0355 e. The van der Waals surface area contributed by atoms with Crippen molar-refractivity contribution >= 4 is 5.71 Å². The lowest BCUT2D eigenvalue weighted by atomic mass is 9.95. The summed E-state index contributed by atoms with van der Waals surface area (Å²) in [6, 6.07) is 6.26. The average molecular weight is 175 g/mol. The SMILES string of the molecule is CC(=N)c1ccc(C(C)C)c(C)c1. The van der Waals surface area contributed by atoms with Gasteiger partial charge in [0.15, 0.2) is 0 Å². The topological polar surface area (TPSA) is 23.9 Å². The average Bonchev–Trinajstić information content (AvgIpc) is 2.03. The quantitative estimate of drug-likeness (QED) is 0.665. The first-order chi connectivity index (χ1) is 6.02. The van der Waals surface area contributed by atoms with Crippen molar-refractivity contribution in [1.29, 1.82) is 5.41 Å². The molecule has 1 aromatic rings. The summed E-state index contributed by atoms with van der Waals surface area (Å²) in [6.07, 6.45) is 0. The number of benzene rings is 1. The highest BCUT2D eigenvalue weighted by Gasteiger charge is 2.04. The van der Waals surface area contributed by atoms with Gasteiger partial charge < -0.3 is 5.41 Å². The summed E-state index contributed by atoms with van der Waals surface area (Å²) in [5, 5.41) is 7.51. The van der Waals surface area contributed by atoms with Crippen molar-refractivity contribution in [2.24, 2.45) is 0 Å². The van der Waals surface area contributed by atoms with E-state index in [-0.39, 0.29) is 0 Å². The number of rotatable bonds is 2. The van der Waals surface area contributed by atoms with Crippen molar-refractivity contribution in [1.82, 2.24) is 0 Å². The van der Waals surface area contributed by atoms with Gasteiger partial charge >= 0.3 is 0 Å². The van der Waals surface area contributed by atoms with Crippen LogP contribution in [0.15, 0.2) is 18.2 Å². The normalized spacial score (nSPS) is 10.5. The molecule has 0 aromatic heterocycles. The molecule has 0 atom stereocenters. The van der Waals surface area contributed by atoms with Crippen LogP contribution in [-0.4, -0.2) is 5.71 Å². The van der Waals surface area contributed by atoms with Crippen LogP contribution in [0.2, 0.25) is 0 Å². The first-order valence-corrected chi connectivity index (χ1v) is 4.68. The van der Waals surface area contributed by atoms with Crippen LogP contribution in [0.25, 0.3) is 0 Å². The molecule has 0 spiro atoms. The summed E-state index contributed by atoms with van der Waals surface area (Å²) in [7, 11) is 0. The summed E-state index contributed by atoms with van der Waals surface area (Å²) in [6.45, 7) is 8.32. The van der Waals surface area contributed by atoms with Gasteiger partial charge in [-0.25, -0.2) is 0 Å². The standard InChI is InChI=1S/C12H17N/c1-8(2)12-6-5-11(10(4)13)7-9(12)3/h5-8,13H,1-4H3. The van der Waals surface area contributed by atoms with Gasteiger partial charge in [-0.15, -0.1) is 0 Å². The molecule has 0 radical (unpaired) electrons. The van der Waals surface area contributed by atoms with Crippen molar-refractivity contribution in [3.8, 4) is 0 Å². The van der Waals surface area contributed by atoms with Gasteiger partial charge in [-0.2, -0.15) is 0 Å². The predicted octanol–water partition coefficient (Wildman–Crippen LogP) is 3.51. The summed E-state index contributed by atoms with van der Waals surface area (Å²) in [5.41, 5.74) is 4.34. The smallest absolute Gasteiger partial charge is 0.0355 e. The summed E-state index contributed by atoms with van der Waals surface area (Å²) < 4.78 is 0. The Kier molecular flexibility index (Phi) is 2.86. The Labute approximate surface area is 80.3 Å². The Bertz CT molecular complexity index is 324. The third-order valence-corrected chi connectivity index (χ3v) is 2.32. The zero-order valence-electron chi connectivity index (χ0n) is 8.81. The van der Waals surface area contributed by atoms with Crippen molar-refractivity contribution in [3.63, 3.8) is 0 Å². The molecular formula is C12H17N. The maximum atomic E-state index is 7.51. The minimum Gasteiger partial charge on any atom is -0.305 e. The van der Waals surface area contributed by atoms with Crippen molar-refractivity contribution in [3.05, 3.63) is 34.9 Å². The highest BCUT2D eigenvalue weighted by atomic mass is 14.4. The first-order valence-electron chi connectivity index (χ1n) is 4.68. The van der Waals surface area contributed by atoms with E-state index < -0.39 is 0 Å². The van der Waals surface area contributed by atoms with Crippen molar-refractivity contribution in [2.75, 3.05) is 0 Å². The molecule has 0 amide bonds. The van der Waals surface area contributed by atoms with Crippen LogP contribution in [0.4, 0.5) is 0 Å². The van der Waals surface area contributed by atoms with Gasteiger partial charge in [0, 0.05) is 5.71 Å². The van der Waals surface area contributed by atoms with E-state index >= 15 is 0 Å². The number of hydrogen-bond acceptors (Lipinski definition) is 1. The Morgan fingerprint density at radius 2 is 1.92 bits per heavy atom. The maximum absolute atomic E-state index is 7.51. The second-order valence-electron chi connectivity index (χ2n) is 3.85. The number of aryl methyl sites for hydroxylation is 1. The molecule has 0 bridgehead atoms. The molecule has 1 N–H and O–H groups in total. The van der Waals surface area contributed by atoms with E-state index in [1.165, 1.54) is 11.1 Å². The van der Waals surface area contributed by atoms with E-state index in [2.05, 4.69) is 32.9 Å². The van der Waals surface area contributed by atoms with Crippen LogP contribution < -0.4 is 0 Å². The van der Waals surface area contributed by atoms with Gasteiger partial charge in [-0.1, -0.05) is 26.0 Å². The van der Waals surface area contributed by atoms with Gasteiger partial charge in [-0.3, -0.25) is 0 Å². The van der Waals surface area contributed by atoms with E-state index in [4.69, 9.17) is 5.41 Å². The molecule has 1 nitrogen and oxygen atoms in total. The molecule has 1 rings (SSSR count). The van der Waals surface area contributed by atoms with Crippen molar-refractivity contribution in [2.45, 2.75) is 33.6 Å². The molecule has 13 heavy (non-hydrogen) atoms. The Morgan fingerprint density at radius 1 is 1.31 bits per heavy atom. The van der Waals surface area contributed by atoms with Crippen LogP contribution in [0.1, 0.15) is 43.4 Å². The third kappa shape index (κ3) is 2.18. The molecule has 0 aliphatic carbocycles. The van der Waals surface area contributed by atoms with E-state index in [1.807, 2.05) is 13.0 Å². The van der Waals surface area contributed by atoms with Gasteiger partial charge in [0.1, 0.15) is 0 Å². The monoisotopic (exact) mass is 175 g/mol. The van der Waals surface area contributed by atoms with Crippen LogP contribution in [0.5, 0.6) is 0 Å². The third-order valence-electron chi connectivity index (χ3n) is 2.32. The largest absolute Gasteiger partial charge is 0.305 e. The lowest BCUT2D eigenvalue weighted by molar-refractivity contribution is 0.856. The number of hydrogen-bond donors (Lipinski definition) is 1. The molecule has 0 fully saturated rings. The second-order valence-corrected chi connectivity index (χ2v) is 3.85. The minimum atomic E-state index is 0.570. The predicted molar refractivity (Wildman–Crippen MR) is 57.8 cm³/mol. The molecule has 0 saturated heterocycles. The minimum absolute atomic E-state index is 0.570. The Balaban J connectivity index is 3.13. The molecule has 0 unspecified atom stereocenters. The Hall–Kier alpha value is -1.11. The fourth-order valence-corrected chi connectivity index (χ4v) is 1.56. The lowest BCUT2D eigenvalue weighted by Crippen LogP contribution is -1.97. The zero-order chi connectivity index (χ0) is 10.0. The van der Waals surface area contributed by atoms with Crippen LogP contribution in [0, 0.1) is 12.3 Å². The highest BCUT2D eigenvalue weighted by Crippen LogP contribution is 2.19. The fraction of sp³-hybridized carbons (Fsp3) is 0.417. The van der Waals surface area contributed by atoms with Crippen LogP contribution >= 0.6 is 0 Å². The fourth-order valence-electron chi connectivity index (χ4n) is 1.56. The van der Waals surface area contributed by atoms with E-state index in [9.17, 15) is 0 Å². The second kappa shape index (κ2) is 3.73. The summed E-state index contributed by atoms with van der Waals surface area (Å²) in [5.74, 6) is 0.570. The summed E-state index contributed by atoms with van der Waals surface area (Å²) in [4.78, 5) is 0. The molecular weight excluding hydrogens is 158 g/mol. The summed E-state index contributed by atoms with van der Waals surface area (Å²) >= 11 is 0. The van der Waals surface area contributed by atoms with Gasteiger partial charge in [-0.05, 0) is 42.5 Å². The first kappa shape index (κ1) is 9.97.